The fourth-order valence-electron chi connectivity index (χ4n) is 3.03. The van der Waals surface area contributed by atoms with E-state index in [1.54, 1.807) is 0 Å². The van der Waals surface area contributed by atoms with E-state index in [0.29, 0.717) is 6.61 Å². The molecule has 1 aromatic carbocycles. The van der Waals surface area contributed by atoms with Crippen molar-refractivity contribution in [2.75, 3.05) is 32.8 Å². The van der Waals surface area contributed by atoms with Gasteiger partial charge in [-0.15, -0.1) is 0 Å². The lowest BCUT2D eigenvalue weighted by Crippen LogP contribution is -2.58. The Balaban J connectivity index is 1.87. The third-order valence-electron chi connectivity index (χ3n) is 4.25. The summed E-state index contributed by atoms with van der Waals surface area (Å²) in [4.78, 5) is 5.13. The minimum atomic E-state index is 0.216. The fraction of sp³-hybridized carbons (Fsp3) is 0.647. The summed E-state index contributed by atoms with van der Waals surface area (Å²) in [5.74, 6) is 0. The molecule has 20 heavy (non-hydrogen) atoms. The van der Waals surface area contributed by atoms with Gasteiger partial charge < -0.3 is 10.0 Å². The Bertz CT molecular complexity index is 391. The molecule has 0 aliphatic carbocycles. The maximum Gasteiger partial charge on any atom is 0.0431 e. The third kappa shape index (κ3) is 4.30. The molecule has 3 nitrogen and oxygen atoms in total. The van der Waals surface area contributed by atoms with Crippen molar-refractivity contribution in [2.24, 2.45) is 0 Å². The van der Waals surface area contributed by atoms with Crippen LogP contribution in [0.4, 0.5) is 0 Å². The van der Waals surface area contributed by atoms with Gasteiger partial charge in [-0.3, -0.25) is 4.90 Å². The molecule has 0 radical (unpaired) electrons. The highest BCUT2D eigenvalue weighted by molar-refractivity contribution is 5.15. The van der Waals surface area contributed by atoms with Gasteiger partial charge in [-0.2, -0.15) is 0 Å². The van der Waals surface area contributed by atoms with Crippen molar-refractivity contribution in [2.45, 2.75) is 38.8 Å². The van der Waals surface area contributed by atoms with Crippen LogP contribution < -0.4 is 0 Å². The molecule has 1 fully saturated rings. The first-order chi connectivity index (χ1) is 9.62. The molecule has 2 rings (SSSR count). The van der Waals surface area contributed by atoms with Crippen LogP contribution in [0.3, 0.4) is 0 Å². The SMILES string of the molecule is CC1(C)CN(CCCCO)CCN1Cc1ccccc1. The quantitative estimate of drug-likeness (QED) is 0.808. The van der Waals surface area contributed by atoms with Crippen molar-refractivity contribution in [1.82, 2.24) is 9.80 Å². The number of aliphatic hydroxyl groups excluding tert-OH is 1. The van der Waals surface area contributed by atoms with Crippen LogP contribution in [-0.4, -0.2) is 53.2 Å². The first-order valence-electron chi connectivity index (χ1n) is 7.74. The predicted octanol–water partition coefficient (Wildman–Crippen LogP) is 2.36. The zero-order valence-corrected chi connectivity index (χ0v) is 12.9. The Morgan fingerprint density at radius 1 is 1.10 bits per heavy atom. The van der Waals surface area contributed by atoms with E-state index in [9.17, 15) is 0 Å². The highest BCUT2D eigenvalue weighted by Gasteiger charge is 2.33. The summed E-state index contributed by atoms with van der Waals surface area (Å²) in [6, 6.07) is 10.7. The van der Waals surface area contributed by atoms with Crippen molar-refractivity contribution in [1.29, 1.82) is 0 Å². The van der Waals surface area contributed by atoms with Gasteiger partial charge in [-0.25, -0.2) is 0 Å². The zero-order valence-electron chi connectivity index (χ0n) is 12.9. The van der Waals surface area contributed by atoms with Crippen LogP contribution in [0.25, 0.3) is 0 Å². The number of piperazine rings is 1. The van der Waals surface area contributed by atoms with E-state index >= 15 is 0 Å². The molecule has 1 aliphatic heterocycles. The van der Waals surface area contributed by atoms with E-state index in [-0.39, 0.29) is 5.54 Å². The molecular weight excluding hydrogens is 248 g/mol. The Labute approximate surface area is 123 Å². The first kappa shape index (κ1) is 15.5. The van der Waals surface area contributed by atoms with E-state index in [1.807, 2.05) is 0 Å². The molecular formula is C17H28N2O. The van der Waals surface area contributed by atoms with E-state index in [0.717, 1.165) is 45.6 Å². The van der Waals surface area contributed by atoms with Crippen LogP contribution in [-0.2, 0) is 6.54 Å². The average Bonchev–Trinajstić information content (AvgIpc) is 2.43. The number of rotatable bonds is 6. The number of benzene rings is 1. The Morgan fingerprint density at radius 3 is 2.50 bits per heavy atom. The summed E-state index contributed by atoms with van der Waals surface area (Å²) in [5, 5.41) is 8.88. The predicted molar refractivity (Wildman–Crippen MR) is 83.7 cm³/mol. The lowest BCUT2D eigenvalue weighted by Gasteiger charge is -2.47. The number of unbranched alkanes of at least 4 members (excludes halogenated alkanes) is 1. The number of hydrogen-bond donors (Lipinski definition) is 1. The summed E-state index contributed by atoms with van der Waals surface area (Å²) < 4.78 is 0. The second kappa shape index (κ2) is 7.21. The smallest absolute Gasteiger partial charge is 0.0431 e. The topological polar surface area (TPSA) is 26.7 Å². The number of aliphatic hydroxyl groups is 1. The van der Waals surface area contributed by atoms with Crippen molar-refractivity contribution < 1.29 is 5.11 Å². The molecule has 0 aromatic heterocycles. The third-order valence-corrected chi connectivity index (χ3v) is 4.25. The average molecular weight is 276 g/mol. The van der Waals surface area contributed by atoms with E-state index in [1.165, 1.54) is 5.56 Å². The normalized spacial score (nSPS) is 20.1. The molecule has 0 unspecified atom stereocenters. The maximum atomic E-state index is 8.88. The van der Waals surface area contributed by atoms with Crippen molar-refractivity contribution in [3.05, 3.63) is 35.9 Å². The molecule has 0 atom stereocenters. The molecule has 1 aromatic rings. The minimum absolute atomic E-state index is 0.216. The summed E-state index contributed by atoms with van der Waals surface area (Å²) in [6.07, 6.45) is 2.02. The van der Waals surface area contributed by atoms with Gasteiger partial charge in [0.15, 0.2) is 0 Å². The van der Waals surface area contributed by atoms with Gasteiger partial charge in [-0.05, 0) is 38.8 Å². The van der Waals surface area contributed by atoms with Crippen LogP contribution in [0.15, 0.2) is 30.3 Å². The molecule has 0 bridgehead atoms. The Morgan fingerprint density at radius 2 is 1.85 bits per heavy atom. The summed E-state index contributed by atoms with van der Waals surface area (Å²) in [5.41, 5.74) is 1.61. The zero-order chi connectivity index (χ0) is 14.4. The van der Waals surface area contributed by atoms with Crippen LogP contribution in [0.2, 0.25) is 0 Å². The van der Waals surface area contributed by atoms with Crippen LogP contribution in [0.5, 0.6) is 0 Å². The van der Waals surface area contributed by atoms with Gasteiger partial charge in [0.2, 0.25) is 0 Å². The highest BCUT2D eigenvalue weighted by atomic mass is 16.2. The summed E-state index contributed by atoms with van der Waals surface area (Å²) in [6.45, 7) is 10.5. The molecule has 1 N–H and O–H groups in total. The first-order valence-corrected chi connectivity index (χ1v) is 7.74. The van der Waals surface area contributed by atoms with E-state index in [4.69, 9.17) is 5.11 Å². The van der Waals surface area contributed by atoms with Gasteiger partial charge in [0.25, 0.3) is 0 Å². The second-order valence-corrected chi connectivity index (χ2v) is 6.43. The van der Waals surface area contributed by atoms with Crippen molar-refractivity contribution in [3.8, 4) is 0 Å². The van der Waals surface area contributed by atoms with Gasteiger partial charge in [0, 0.05) is 38.3 Å². The summed E-state index contributed by atoms with van der Waals surface area (Å²) >= 11 is 0. The van der Waals surface area contributed by atoms with Crippen LogP contribution in [0, 0.1) is 0 Å². The van der Waals surface area contributed by atoms with Gasteiger partial charge >= 0.3 is 0 Å². The Hall–Kier alpha value is -0.900. The molecule has 1 heterocycles. The van der Waals surface area contributed by atoms with Crippen LogP contribution >= 0.6 is 0 Å². The maximum absolute atomic E-state index is 8.88. The monoisotopic (exact) mass is 276 g/mol. The molecule has 3 heteroatoms. The number of hydrogen-bond acceptors (Lipinski definition) is 3. The molecule has 0 amide bonds. The van der Waals surface area contributed by atoms with E-state index in [2.05, 4.69) is 54.0 Å². The number of nitrogens with zero attached hydrogens (tertiary/aromatic N) is 2. The van der Waals surface area contributed by atoms with Gasteiger partial charge in [0.1, 0.15) is 0 Å². The molecule has 0 spiro atoms. The standard InChI is InChI=1S/C17H28N2O/c1-17(2)15-18(10-6-7-13-20)11-12-19(17)14-16-8-4-3-5-9-16/h3-5,8-9,20H,6-7,10-15H2,1-2H3. The molecule has 1 aliphatic rings. The largest absolute Gasteiger partial charge is 0.396 e. The van der Waals surface area contributed by atoms with Crippen molar-refractivity contribution >= 4 is 0 Å². The van der Waals surface area contributed by atoms with Crippen molar-refractivity contribution in [3.63, 3.8) is 0 Å². The lowest BCUT2D eigenvalue weighted by atomic mass is 9.97. The van der Waals surface area contributed by atoms with Gasteiger partial charge in [0.05, 0.1) is 0 Å². The minimum Gasteiger partial charge on any atom is -0.396 e. The molecule has 112 valence electrons. The fourth-order valence-corrected chi connectivity index (χ4v) is 3.03. The molecule has 0 saturated carbocycles. The summed E-state index contributed by atoms with van der Waals surface area (Å²) in [7, 11) is 0. The van der Waals surface area contributed by atoms with E-state index < -0.39 is 0 Å². The van der Waals surface area contributed by atoms with Crippen LogP contribution in [0.1, 0.15) is 32.3 Å². The molecule has 1 saturated heterocycles. The second-order valence-electron chi connectivity index (χ2n) is 6.43. The lowest BCUT2D eigenvalue weighted by molar-refractivity contribution is 0.0129. The Kier molecular flexibility index (Phi) is 5.58. The van der Waals surface area contributed by atoms with Gasteiger partial charge in [-0.1, -0.05) is 30.3 Å². The highest BCUT2D eigenvalue weighted by Crippen LogP contribution is 2.23.